The van der Waals surface area contributed by atoms with Gasteiger partial charge in [-0.2, -0.15) is 26.3 Å². The van der Waals surface area contributed by atoms with E-state index in [0.717, 1.165) is 0 Å². The number of hydrogen-bond acceptors (Lipinski definition) is 5. The van der Waals surface area contributed by atoms with Crippen LogP contribution in [0.3, 0.4) is 0 Å². The number of benzene rings is 2. The maximum Gasteiger partial charge on any atom is 0.433 e. The summed E-state index contributed by atoms with van der Waals surface area (Å²) < 4.78 is 117. The Morgan fingerprint density at radius 2 is 1.84 bits per heavy atom. The molecule has 4 rings (SSSR count). The number of hydrogen-bond donors (Lipinski definition) is 3. The number of nitrogens with one attached hydrogen (secondary N) is 1. The molecule has 2 heterocycles. The number of amides is 1. The summed E-state index contributed by atoms with van der Waals surface area (Å²) in [6, 6.07) is 4.96. The monoisotopic (exact) mass is 544 g/mol. The van der Waals surface area contributed by atoms with Gasteiger partial charge in [-0.25, -0.2) is 14.4 Å². The van der Waals surface area contributed by atoms with Crippen LogP contribution in [0.2, 0.25) is 0 Å². The Morgan fingerprint density at radius 3 is 2.45 bits per heavy atom. The average Bonchev–Trinajstić information content (AvgIpc) is 3.24. The smallest absolute Gasteiger partial charge is 0.382 e. The lowest BCUT2D eigenvalue weighted by Crippen LogP contribution is -2.21. The van der Waals surface area contributed by atoms with Gasteiger partial charge in [0.15, 0.2) is 6.10 Å². The number of nitrogens with two attached hydrogens (primary N) is 1. The number of nitrogens with zero attached hydrogens (tertiary/aromatic N) is 3. The van der Waals surface area contributed by atoms with Gasteiger partial charge in [0.05, 0.1) is 11.8 Å². The number of halogens is 7. The Labute approximate surface area is 214 Å². The molecule has 2 aromatic carbocycles. The Morgan fingerprint density at radius 1 is 1.13 bits per heavy atom. The van der Waals surface area contributed by atoms with Crippen LogP contribution in [0, 0.1) is 19.6 Å². The van der Waals surface area contributed by atoms with Gasteiger partial charge in [0.25, 0.3) is 5.91 Å². The topological polar surface area (TPSA) is 106 Å². The van der Waals surface area contributed by atoms with E-state index in [2.05, 4.69) is 15.3 Å². The summed E-state index contributed by atoms with van der Waals surface area (Å²) in [6.45, 7) is -1.64. The Bertz CT molecular complexity index is 1670. The van der Waals surface area contributed by atoms with Crippen LogP contribution < -0.4 is 11.1 Å². The van der Waals surface area contributed by atoms with E-state index in [4.69, 9.17) is 9.85 Å². The number of carbonyl (C=O) groups is 1. The number of anilines is 2. The summed E-state index contributed by atoms with van der Waals surface area (Å²) in [6.07, 6.45) is -11.8. The molecule has 0 radical (unpaired) electrons. The molecule has 0 aliphatic rings. The molecule has 0 unspecified atom stereocenters. The summed E-state index contributed by atoms with van der Waals surface area (Å²) in [7, 11) is 0. The second-order valence-corrected chi connectivity index (χ2v) is 8.19. The van der Waals surface area contributed by atoms with E-state index in [1.165, 1.54) is 25.1 Å². The minimum absolute atomic E-state index is 0.00983. The average molecular weight is 544 g/mol. The Hall–Kier alpha value is -4.20. The summed E-state index contributed by atoms with van der Waals surface area (Å²) in [5, 5.41) is 12.5. The number of fused-ring (bicyclic) bond motifs is 1. The van der Waals surface area contributed by atoms with Crippen LogP contribution in [0.25, 0.3) is 16.8 Å². The first-order valence-corrected chi connectivity index (χ1v) is 10.5. The lowest BCUT2D eigenvalue weighted by atomic mass is 10.0. The van der Waals surface area contributed by atoms with Crippen molar-refractivity contribution in [3.8, 4) is 11.3 Å². The van der Waals surface area contributed by atoms with E-state index in [-0.39, 0.29) is 28.6 Å². The van der Waals surface area contributed by atoms with E-state index in [1.54, 1.807) is 0 Å². The fourth-order valence-corrected chi connectivity index (χ4v) is 3.83. The first-order chi connectivity index (χ1) is 18.8. The Balaban J connectivity index is 1.73. The van der Waals surface area contributed by atoms with E-state index >= 15 is 0 Å². The molecule has 4 aromatic rings. The van der Waals surface area contributed by atoms with E-state index in [9.17, 15) is 40.6 Å². The van der Waals surface area contributed by atoms with Crippen molar-refractivity contribution in [2.75, 3.05) is 11.1 Å². The number of aryl methyl sites for hydroxylation is 2. The molecule has 0 saturated heterocycles. The SMILES string of the molecule is [2H]C([2H])([2H])c1nc(-c2ccc(NC(=O)[C@@H](O)c3cc(F)cc(C(F)(F)F)c3)cc2C)c2c(N)ncc(C(F)(F)F)n12. The van der Waals surface area contributed by atoms with Gasteiger partial charge in [-0.15, -0.1) is 0 Å². The first kappa shape index (κ1) is 23.0. The van der Waals surface area contributed by atoms with Crippen molar-refractivity contribution >= 4 is 22.9 Å². The molecule has 4 N–H and O–H groups in total. The maximum atomic E-state index is 13.7. The number of aliphatic hydroxyl groups excluding tert-OH is 1. The van der Waals surface area contributed by atoms with Crippen LogP contribution in [0.15, 0.2) is 42.6 Å². The highest BCUT2D eigenvalue weighted by Crippen LogP contribution is 2.37. The van der Waals surface area contributed by atoms with Crippen molar-refractivity contribution in [3.63, 3.8) is 0 Å². The van der Waals surface area contributed by atoms with Crippen molar-refractivity contribution in [2.24, 2.45) is 0 Å². The number of carbonyl (C=O) groups excluding carboxylic acids is 1. The van der Waals surface area contributed by atoms with Gasteiger partial charge in [-0.1, -0.05) is 6.07 Å². The lowest BCUT2D eigenvalue weighted by Gasteiger charge is -2.15. The minimum Gasteiger partial charge on any atom is -0.382 e. The molecule has 38 heavy (non-hydrogen) atoms. The van der Waals surface area contributed by atoms with Crippen LogP contribution in [0.5, 0.6) is 0 Å². The number of imidazole rings is 1. The van der Waals surface area contributed by atoms with Crippen molar-refractivity contribution in [1.29, 1.82) is 0 Å². The molecule has 0 fully saturated rings. The standard InChI is InChI=1S/C24H18F7N5O2/c1-10-5-15(35-22(38)20(37)12-6-13(23(26,27)28)8-14(25)7-12)3-4-16(10)18-19-21(32)33-9-17(24(29,30)31)36(19)11(2)34-18/h3-9,20,37H,1-2H3,(H2,32,33)(H,35,38)/t20-/m0/s1/i2D3. The van der Waals surface area contributed by atoms with Crippen LogP contribution in [-0.4, -0.2) is 25.4 Å². The second kappa shape index (κ2) is 9.28. The molecule has 0 saturated carbocycles. The van der Waals surface area contributed by atoms with Gasteiger partial charge < -0.3 is 16.2 Å². The third-order valence-electron chi connectivity index (χ3n) is 5.54. The second-order valence-electron chi connectivity index (χ2n) is 8.19. The highest BCUT2D eigenvalue weighted by molar-refractivity contribution is 5.95. The van der Waals surface area contributed by atoms with Gasteiger partial charge in [0.2, 0.25) is 0 Å². The third kappa shape index (κ3) is 4.98. The van der Waals surface area contributed by atoms with Crippen molar-refractivity contribution in [3.05, 3.63) is 76.6 Å². The largest absolute Gasteiger partial charge is 0.433 e. The molecule has 14 heteroatoms. The van der Waals surface area contributed by atoms with E-state index < -0.39 is 71.0 Å². The highest BCUT2D eigenvalue weighted by atomic mass is 19.4. The lowest BCUT2D eigenvalue weighted by molar-refractivity contribution is -0.142. The molecular weight excluding hydrogens is 523 g/mol. The summed E-state index contributed by atoms with van der Waals surface area (Å²) >= 11 is 0. The molecule has 0 aliphatic heterocycles. The molecule has 0 bridgehead atoms. The van der Waals surface area contributed by atoms with Gasteiger partial charge >= 0.3 is 12.4 Å². The first-order valence-electron chi connectivity index (χ1n) is 12.0. The minimum atomic E-state index is -5.01. The molecule has 200 valence electrons. The van der Waals surface area contributed by atoms with Crippen LogP contribution in [0.1, 0.15) is 38.4 Å². The van der Waals surface area contributed by atoms with Crippen molar-refractivity contribution in [1.82, 2.24) is 14.4 Å². The van der Waals surface area contributed by atoms with Crippen molar-refractivity contribution in [2.45, 2.75) is 32.2 Å². The van der Waals surface area contributed by atoms with Crippen molar-refractivity contribution < 1.29 is 44.7 Å². The third-order valence-corrected chi connectivity index (χ3v) is 5.54. The quantitative estimate of drug-likeness (QED) is 0.297. The molecular formula is C24H18F7N5O2. The van der Waals surface area contributed by atoms with Crippen LogP contribution in [-0.2, 0) is 17.1 Å². The number of rotatable bonds is 4. The number of alkyl halides is 6. The molecule has 2 aromatic heterocycles. The molecule has 7 nitrogen and oxygen atoms in total. The normalized spacial score (nSPS) is 14.6. The van der Waals surface area contributed by atoms with Gasteiger partial charge in [-0.3, -0.25) is 9.20 Å². The maximum absolute atomic E-state index is 13.7. The van der Waals surface area contributed by atoms with Gasteiger partial charge in [0, 0.05) is 15.4 Å². The zero-order valence-electron chi connectivity index (χ0n) is 22.0. The molecule has 1 atom stereocenters. The fraction of sp³-hybridized carbons (Fsp3) is 0.208. The molecule has 0 spiro atoms. The summed E-state index contributed by atoms with van der Waals surface area (Å²) in [4.78, 5) is 20.0. The number of nitrogen functional groups attached to an aromatic ring is 1. The van der Waals surface area contributed by atoms with Gasteiger partial charge in [0.1, 0.15) is 34.4 Å². The predicted octanol–water partition coefficient (Wildman–Crippen LogP) is 5.44. The number of aromatic nitrogens is 3. The number of aliphatic hydroxyl groups is 1. The zero-order valence-corrected chi connectivity index (χ0v) is 19.0. The predicted molar refractivity (Wildman–Crippen MR) is 122 cm³/mol. The summed E-state index contributed by atoms with van der Waals surface area (Å²) in [5.74, 6) is -3.90. The van der Waals surface area contributed by atoms with E-state index in [1.807, 2.05) is 0 Å². The van der Waals surface area contributed by atoms with Gasteiger partial charge in [-0.05, 0) is 55.2 Å². The molecule has 1 amide bonds. The summed E-state index contributed by atoms with van der Waals surface area (Å²) in [5.41, 5.74) is 2.03. The van der Waals surface area contributed by atoms with E-state index in [0.29, 0.717) is 22.7 Å². The Kier molecular flexibility index (Phi) is 5.60. The fourth-order valence-electron chi connectivity index (χ4n) is 3.83. The highest BCUT2D eigenvalue weighted by Gasteiger charge is 2.36. The molecule has 0 aliphatic carbocycles. The van der Waals surface area contributed by atoms with Crippen LogP contribution >= 0.6 is 0 Å². The zero-order chi connectivity index (χ0) is 30.7. The van der Waals surface area contributed by atoms with Crippen LogP contribution in [0.4, 0.5) is 42.2 Å².